The SMILES string of the molecule is Cc1cc(C(=O)N2CCCN2C(=O)CCNC(=O)c2ccccc2)no1. The van der Waals surface area contributed by atoms with Gasteiger partial charge in [0, 0.05) is 37.7 Å². The van der Waals surface area contributed by atoms with Crippen molar-refractivity contribution in [3.63, 3.8) is 0 Å². The van der Waals surface area contributed by atoms with Crippen molar-refractivity contribution in [3.05, 3.63) is 53.4 Å². The molecule has 2 aromatic rings. The van der Waals surface area contributed by atoms with Crippen molar-refractivity contribution in [2.24, 2.45) is 0 Å². The van der Waals surface area contributed by atoms with Crippen LogP contribution in [0.1, 0.15) is 39.4 Å². The molecule has 1 aromatic heterocycles. The predicted molar refractivity (Wildman–Crippen MR) is 92.0 cm³/mol. The second-order valence-corrected chi connectivity index (χ2v) is 5.99. The molecule has 3 amide bonds. The van der Waals surface area contributed by atoms with Crippen LogP contribution < -0.4 is 5.32 Å². The van der Waals surface area contributed by atoms with Crippen molar-refractivity contribution in [3.8, 4) is 0 Å². The molecule has 1 aliphatic heterocycles. The lowest BCUT2D eigenvalue weighted by Crippen LogP contribution is -2.45. The molecule has 1 aliphatic rings. The second kappa shape index (κ2) is 7.81. The number of aromatic nitrogens is 1. The highest BCUT2D eigenvalue weighted by atomic mass is 16.5. The highest BCUT2D eigenvalue weighted by Crippen LogP contribution is 2.16. The first-order chi connectivity index (χ1) is 12.6. The molecule has 0 aliphatic carbocycles. The number of carbonyl (C=O) groups is 3. The van der Waals surface area contributed by atoms with Gasteiger partial charge in [0.2, 0.25) is 5.91 Å². The Morgan fingerprint density at radius 1 is 1.15 bits per heavy atom. The Kier molecular flexibility index (Phi) is 5.31. The molecule has 8 nitrogen and oxygen atoms in total. The fraction of sp³-hybridized carbons (Fsp3) is 0.333. The summed E-state index contributed by atoms with van der Waals surface area (Å²) < 4.78 is 4.93. The minimum atomic E-state index is -0.360. The maximum Gasteiger partial charge on any atom is 0.294 e. The van der Waals surface area contributed by atoms with Gasteiger partial charge in [-0.05, 0) is 25.5 Å². The lowest BCUT2D eigenvalue weighted by molar-refractivity contribution is -0.140. The van der Waals surface area contributed by atoms with Gasteiger partial charge in [0.05, 0.1) is 0 Å². The molecule has 0 spiro atoms. The minimum Gasteiger partial charge on any atom is -0.361 e. The van der Waals surface area contributed by atoms with Gasteiger partial charge in [-0.3, -0.25) is 19.4 Å². The number of hydrogen-bond donors (Lipinski definition) is 1. The van der Waals surface area contributed by atoms with Crippen molar-refractivity contribution in [2.75, 3.05) is 19.6 Å². The Labute approximate surface area is 150 Å². The Hall–Kier alpha value is -3.16. The quantitative estimate of drug-likeness (QED) is 0.873. The van der Waals surface area contributed by atoms with Crippen molar-refractivity contribution < 1.29 is 18.9 Å². The largest absolute Gasteiger partial charge is 0.361 e. The van der Waals surface area contributed by atoms with E-state index in [4.69, 9.17) is 4.52 Å². The van der Waals surface area contributed by atoms with Gasteiger partial charge in [-0.25, -0.2) is 5.01 Å². The number of benzene rings is 1. The summed E-state index contributed by atoms with van der Waals surface area (Å²) in [6.45, 7) is 2.82. The van der Waals surface area contributed by atoms with E-state index < -0.39 is 0 Å². The van der Waals surface area contributed by atoms with Crippen LogP contribution in [0.5, 0.6) is 0 Å². The Morgan fingerprint density at radius 3 is 2.58 bits per heavy atom. The van der Waals surface area contributed by atoms with Crippen LogP contribution in [0.25, 0.3) is 0 Å². The van der Waals surface area contributed by atoms with E-state index in [2.05, 4.69) is 10.5 Å². The van der Waals surface area contributed by atoms with Gasteiger partial charge in [-0.15, -0.1) is 0 Å². The maximum absolute atomic E-state index is 12.5. The fourth-order valence-corrected chi connectivity index (χ4v) is 2.79. The van der Waals surface area contributed by atoms with E-state index in [1.54, 1.807) is 37.3 Å². The van der Waals surface area contributed by atoms with Crippen LogP contribution in [0.4, 0.5) is 0 Å². The number of carbonyl (C=O) groups excluding carboxylic acids is 3. The molecule has 1 fully saturated rings. The first-order valence-electron chi connectivity index (χ1n) is 8.45. The average Bonchev–Trinajstić information content (AvgIpc) is 3.31. The lowest BCUT2D eigenvalue weighted by Gasteiger charge is -2.27. The molecule has 1 N–H and O–H groups in total. The van der Waals surface area contributed by atoms with Crippen LogP contribution >= 0.6 is 0 Å². The Bertz CT molecular complexity index is 803. The van der Waals surface area contributed by atoms with E-state index >= 15 is 0 Å². The highest BCUT2D eigenvalue weighted by Gasteiger charge is 2.32. The summed E-state index contributed by atoms with van der Waals surface area (Å²) in [5, 5.41) is 9.23. The van der Waals surface area contributed by atoms with E-state index in [1.807, 2.05) is 6.07 Å². The molecule has 0 atom stereocenters. The third kappa shape index (κ3) is 3.90. The number of hydrogen-bond acceptors (Lipinski definition) is 5. The van der Waals surface area contributed by atoms with E-state index in [0.29, 0.717) is 30.8 Å². The number of rotatable bonds is 5. The van der Waals surface area contributed by atoms with Gasteiger partial charge >= 0.3 is 0 Å². The van der Waals surface area contributed by atoms with Gasteiger partial charge in [-0.2, -0.15) is 0 Å². The van der Waals surface area contributed by atoms with Crippen LogP contribution in [-0.4, -0.2) is 52.5 Å². The molecule has 1 saturated heterocycles. The third-order valence-corrected chi connectivity index (χ3v) is 4.06. The highest BCUT2D eigenvalue weighted by molar-refractivity contribution is 5.95. The summed E-state index contributed by atoms with van der Waals surface area (Å²) >= 11 is 0. The van der Waals surface area contributed by atoms with Gasteiger partial charge in [0.1, 0.15) is 5.76 Å². The van der Waals surface area contributed by atoms with E-state index in [9.17, 15) is 14.4 Å². The molecule has 0 radical (unpaired) electrons. The number of amides is 3. The standard InChI is InChI=1S/C18H20N4O4/c1-13-12-15(20-26-13)18(25)22-11-5-10-21(22)16(23)8-9-19-17(24)14-6-3-2-4-7-14/h2-4,6-7,12H,5,8-11H2,1H3,(H,19,24). The van der Waals surface area contributed by atoms with Gasteiger partial charge in [0.25, 0.3) is 11.8 Å². The topological polar surface area (TPSA) is 95.8 Å². The summed E-state index contributed by atoms with van der Waals surface area (Å²) in [7, 11) is 0. The van der Waals surface area contributed by atoms with Crippen LogP contribution in [0, 0.1) is 6.92 Å². The first-order valence-corrected chi connectivity index (χ1v) is 8.45. The number of hydrazine groups is 1. The molecule has 26 heavy (non-hydrogen) atoms. The predicted octanol–water partition coefficient (Wildman–Crippen LogP) is 1.39. The smallest absolute Gasteiger partial charge is 0.294 e. The Morgan fingerprint density at radius 2 is 1.88 bits per heavy atom. The van der Waals surface area contributed by atoms with Gasteiger partial charge < -0.3 is 9.84 Å². The van der Waals surface area contributed by atoms with Gasteiger partial charge in [0.15, 0.2) is 5.69 Å². The number of nitrogens with one attached hydrogen (secondary N) is 1. The summed E-state index contributed by atoms with van der Waals surface area (Å²) in [5.41, 5.74) is 0.721. The van der Waals surface area contributed by atoms with E-state index in [0.717, 1.165) is 0 Å². The van der Waals surface area contributed by atoms with Crippen LogP contribution in [0.2, 0.25) is 0 Å². The first kappa shape index (κ1) is 17.7. The van der Waals surface area contributed by atoms with Crippen LogP contribution in [0.3, 0.4) is 0 Å². The molecule has 0 unspecified atom stereocenters. The zero-order chi connectivity index (χ0) is 18.5. The molecule has 1 aromatic carbocycles. The fourth-order valence-electron chi connectivity index (χ4n) is 2.79. The zero-order valence-corrected chi connectivity index (χ0v) is 14.5. The third-order valence-electron chi connectivity index (χ3n) is 4.06. The number of nitrogens with zero attached hydrogens (tertiary/aromatic N) is 3. The molecule has 3 rings (SSSR count). The monoisotopic (exact) mass is 356 g/mol. The molecular weight excluding hydrogens is 336 g/mol. The minimum absolute atomic E-state index is 0.111. The molecular formula is C18H20N4O4. The molecule has 136 valence electrons. The second-order valence-electron chi connectivity index (χ2n) is 5.99. The summed E-state index contributed by atoms with van der Waals surface area (Å²) in [6, 6.07) is 10.3. The zero-order valence-electron chi connectivity index (χ0n) is 14.5. The van der Waals surface area contributed by atoms with Crippen LogP contribution in [-0.2, 0) is 4.79 Å². The summed E-state index contributed by atoms with van der Waals surface area (Å²) in [5.74, 6) is -0.273. The normalized spacial score (nSPS) is 13.7. The van der Waals surface area contributed by atoms with Crippen molar-refractivity contribution in [2.45, 2.75) is 19.8 Å². The lowest BCUT2D eigenvalue weighted by atomic mass is 10.2. The molecule has 2 heterocycles. The van der Waals surface area contributed by atoms with E-state index in [1.165, 1.54) is 10.0 Å². The average molecular weight is 356 g/mol. The van der Waals surface area contributed by atoms with Crippen molar-refractivity contribution >= 4 is 17.7 Å². The van der Waals surface area contributed by atoms with E-state index in [-0.39, 0.29) is 36.4 Å². The van der Waals surface area contributed by atoms with Gasteiger partial charge in [-0.1, -0.05) is 23.4 Å². The summed E-state index contributed by atoms with van der Waals surface area (Å²) in [6.07, 6.45) is 0.810. The Balaban J connectivity index is 1.53. The maximum atomic E-state index is 12.5. The van der Waals surface area contributed by atoms with Crippen molar-refractivity contribution in [1.29, 1.82) is 0 Å². The molecule has 0 saturated carbocycles. The molecule has 8 heteroatoms. The molecule has 0 bridgehead atoms. The van der Waals surface area contributed by atoms with Crippen molar-refractivity contribution in [1.82, 2.24) is 20.5 Å². The van der Waals surface area contributed by atoms with Crippen LogP contribution in [0.15, 0.2) is 40.9 Å². The number of aryl methyl sites for hydroxylation is 1. The summed E-state index contributed by atoms with van der Waals surface area (Å²) in [4.78, 5) is 36.9.